The van der Waals surface area contributed by atoms with Gasteiger partial charge in [0.05, 0.1) is 10.6 Å². The summed E-state index contributed by atoms with van der Waals surface area (Å²) in [5, 5.41) is 14.3. The van der Waals surface area contributed by atoms with E-state index in [1.165, 1.54) is 19.1 Å². The average Bonchev–Trinajstić information content (AvgIpc) is 3.21. The second kappa shape index (κ2) is 6.13. The minimum Gasteiger partial charge on any atom is -0.480 e. The van der Waals surface area contributed by atoms with Crippen LogP contribution in [0.15, 0.2) is 18.2 Å². The number of halogens is 1. The van der Waals surface area contributed by atoms with Crippen LogP contribution in [-0.2, 0) is 9.59 Å². The summed E-state index contributed by atoms with van der Waals surface area (Å²) in [7, 11) is 0. The highest BCUT2D eigenvalue weighted by Gasteiger charge is 2.37. The second-order valence-electron chi connectivity index (χ2n) is 5.00. The van der Waals surface area contributed by atoms with Gasteiger partial charge in [0.15, 0.2) is 0 Å². The molecule has 21 heavy (non-hydrogen) atoms. The van der Waals surface area contributed by atoms with Crippen molar-refractivity contribution in [2.75, 3.05) is 5.32 Å². The van der Waals surface area contributed by atoms with Crippen molar-refractivity contribution in [2.24, 2.45) is 5.92 Å². The number of amides is 2. The molecule has 1 aromatic carbocycles. The summed E-state index contributed by atoms with van der Waals surface area (Å²) in [6.45, 7) is 1.35. The molecule has 1 aromatic rings. The lowest BCUT2D eigenvalue weighted by atomic mass is 10.1. The van der Waals surface area contributed by atoms with Crippen molar-refractivity contribution < 1.29 is 19.5 Å². The van der Waals surface area contributed by atoms with Crippen molar-refractivity contribution in [3.8, 4) is 0 Å². The fourth-order valence-corrected chi connectivity index (χ4v) is 2.21. The maximum absolute atomic E-state index is 12.2. The van der Waals surface area contributed by atoms with Gasteiger partial charge in [-0.05, 0) is 37.0 Å². The zero-order valence-electron chi connectivity index (χ0n) is 11.4. The topological polar surface area (TPSA) is 95.5 Å². The Kier molecular flexibility index (Phi) is 4.47. The van der Waals surface area contributed by atoms with Gasteiger partial charge < -0.3 is 15.7 Å². The van der Waals surface area contributed by atoms with E-state index in [2.05, 4.69) is 10.6 Å². The van der Waals surface area contributed by atoms with Gasteiger partial charge in [0, 0.05) is 12.6 Å². The van der Waals surface area contributed by atoms with Gasteiger partial charge in [-0.2, -0.15) is 0 Å². The first-order valence-corrected chi connectivity index (χ1v) is 6.87. The predicted octanol–water partition coefficient (Wildman–Crippen LogP) is 1.89. The van der Waals surface area contributed by atoms with Gasteiger partial charge >= 0.3 is 5.97 Å². The minimum absolute atomic E-state index is 0.0243. The van der Waals surface area contributed by atoms with Gasteiger partial charge in [0.2, 0.25) is 5.91 Å². The third-order valence-corrected chi connectivity index (χ3v) is 3.51. The van der Waals surface area contributed by atoms with Gasteiger partial charge in [0.25, 0.3) is 5.91 Å². The van der Waals surface area contributed by atoms with Crippen molar-refractivity contribution in [3.05, 3.63) is 28.8 Å². The molecule has 1 atom stereocenters. The number of carboxylic acid groups (broad SMARTS) is 1. The Morgan fingerprint density at radius 2 is 2.00 bits per heavy atom. The van der Waals surface area contributed by atoms with E-state index >= 15 is 0 Å². The lowest BCUT2D eigenvalue weighted by molar-refractivity contribution is -0.139. The molecule has 7 heteroatoms. The molecule has 0 saturated heterocycles. The third-order valence-electron chi connectivity index (χ3n) is 3.18. The van der Waals surface area contributed by atoms with Crippen molar-refractivity contribution in [1.82, 2.24) is 5.32 Å². The molecule has 1 aliphatic rings. The van der Waals surface area contributed by atoms with Crippen LogP contribution < -0.4 is 10.6 Å². The molecule has 0 bridgehead atoms. The molecule has 0 radical (unpaired) electrons. The van der Waals surface area contributed by atoms with Crippen molar-refractivity contribution in [1.29, 1.82) is 0 Å². The molecule has 1 fully saturated rings. The molecular weight excluding hydrogens is 296 g/mol. The van der Waals surface area contributed by atoms with Gasteiger partial charge in [-0.15, -0.1) is 0 Å². The fraction of sp³-hybridized carbons (Fsp3) is 0.357. The summed E-state index contributed by atoms with van der Waals surface area (Å²) < 4.78 is 0. The van der Waals surface area contributed by atoms with Crippen LogP contribution in [0.3, 0.4) is 0 Å². The molecule has 2 amide bonds. The highest BCUT2D eigenvalue weighted by atomic mass is 35.5. The van der Waals surface area contributed by atoms with Crippen LogP contribution in [0.1, 0.15) is 30.1 Å². The quantitative estimate of drug-likeness (QED) is 0.774. The van der Waals surface area contributed by atoms with E-state index < -0.39 is 17.9 Å². The lowest BCUT2D eigenvalue weighted by Crippen LogP contribution is -2.42. The molecule has 6 nitrogen and oxygen atoms in total. The van der Waals surface area contributed by atoms with Gasteiger partial charge in [-0.3, -0.25) is 9.59 Å². The Morgan fingerprint density at radius 3 is 2.52 bits per heavy atom. The normalized spacial score (nSPS) is 15.1. The van der Waals surface area contributed by atoms with Crippen LogP contribution in [0, 0.1) is 5.92 Å². The van der Waals surface area contributed by atoms with E-state index in [0.29, 0.717) is 5.69 Å². The van der Waals surface area contributed by atoms with Crippen LogP contribution in [-0.4, -0.2) is 28.9 Å². The van der Waals surface area contributed by atoms with E-state index in [1.807, 2.05) is 0 Å². The van der Waals surface area contributed by atoms with Crippen molar-refractivity contribution in [2.45, 2.75) is 25.8 Å². The number of carbonyl (C=O) groups is 3. The Bertz CT molecular complexity index is 599. The minimum atomic E-state index is -1.06. The molecule has 0 aromatic heterocycles. The summed E-state index contributed by atoms with van der Waals surface area (Å²) in [4.78, 5) is 34.3. The number of aliphatic carboxylic acids is 1. The molecule has 0 heterocycles. The van der Waals surface area contributed by atoms with Crippen LogP contribution in [0.25, 0.3) is 0 Å². The number of benzene rings is 1. The zero-order valence-corrected chi connectivity index (χ0v) is 12.1. The fourth-order valence-electron chi connectivity index (χ4n) is 2.01. The van der Waals surface area contributed by atoms with E-state index in [4.69, 9.17) is 16.7 Å². The monoisotopic (exact) mass is 310 g/mol. The number of nitrogens with one attached hydrogen (secondary N) is 2. The smallest absolute Gasteiger partial charge is 0.326 e. The highest BCUT2D eigenvalue weighted by molar-refractivity contribution is 6.34. The third kappa shape index (κ3) is 3.95. The first-order valence-electron chi connectivity index (χ1n) is 6.49. The Morgan fingerprint density at radius 1 is 1.33 bits per heavy atom. The number of rotatable bonds is 5. The van der Waals surface area contributed by atoms with Crippen LogP contribution >= 0.6 is 11.6 Å². The van der Waals surface area contributed by atoms with Crippen LogP contribution in [0.4, 0.5) is 5.69 Å². The van der Waals surface area contributed by atoms with Crippen molar-refractivity contribution >= 4 is 35.1 Å². The number of hydrogen-bond donors (Lipinski definition) is 3. The largest absolute Gasteiger partial charge is 0.480 e. The number of anilines is 1. The van der Waals surface area contributed by atoms with Crippen LogP contribution in [0.2, 0.25) is 5.02 Å². The first kappa shape index (κ1) is 15.3. The number of hydrogen-bond acceptors (Lipinski definition) is 3. The number of carboxylic acids is 1. The SMILES string of the molecule is CC(=O)Nc1ccc(Cl)c(C(=O)N[C@H](C(=O)O)C2CC2)c1. The van der Waals surface area contributed by atoms with E-state index in [9.17, 15) is 14.4 Å². The molecule has 3 N–H and O–H groups in total. The van der Waals surface area contributed by atoms with E-state index in [0.717, 1.165) is 12.8 Å². The summed E-state index contributed by atoms with van der Waals surface area (Å²) in [5.74, 6) is -1.92. The predicted molar refractivity (Wildman–Crippen MR) is 77.4 cm³/mol. The Labute approximate surface area is 126 Å². The van der Waals surface area contributed by atoms with Crippen LogP contribution in [0.5, 0.6) is 0 Å². The Hall–Kier alpha value is -2.08. The maximum Gasteiger partial charge on any atom is 0.326 e. The molecule has 0 aliphatic heterocycles. The zero-order chi connectivity index (χ0) is 15.6. The van der Waals surface area contributed by atoms with Crippen molar-refractivity contribution in [3.63, 3.8) is 0 Å². The Balaban J connectivity index is 2.17. The highest BCUT2D eigenvalue weighted by Crippen LogP contribution is 2.33. The summed E-state index contributed by atoms with van der Waals surface area (Å²) in [6, 6.07) is 3.56. The van der Waals surface area contributed by atoms with E-state index in [-0.39, 0.29) is 22.4 Å². The summed E-state index contributed by atoms with van der Waals surface area (Å²) >= 11 is 5.96. The second-order valence-corrected chi connectivity index (χ2v) is 5.41. The van der Waals surface area contributed by atoms with Gasteiger partial charge in [-0.25, -0.2) is 4.79 Å². The standard InChI is InChI=1S/C14H15ClN2O4/c1-7(18)16-9-4-5-11(15)10(6-9)13(19)17-12(14(20)21)8-2-3-8/h4-6,8,12H,2-3H2,1H3,(H,16,18)(H,17,19)(H,20,21)/t12-/m0/s1. The molecule has 1 aliphatic carbocycles. The average molecular weight is 311 g/mol. The van der Waals surface area contributed by atoms with E-state index in [1.54, 1.807) is 6.07 Å². The molecule has 112 valence electrons. The summed E-state index contributed by atoms with van der Waals surface area (Å²) in [5.41, 5.74) is 0.560. The van der Waals surface area contributed by atoms with Gasteiger partial charge in [0.1, 0.15) is 6.04 Å². The maximum atomic E-state index is 12.2. The lowest BCUT2D eigenvalue weighted by Gasteiger charge is -2.15. The molecular formula is C14H15ClN2O4. The molecule has 0 spiro atoms. The van der Waals surface area contributed by atoms with Gasteiger partial charge in [-0.1, -0.05) is 11.6 Å². The summed E-state index contributed by atoms with van der Waals surface area (Å²) in [6.07, 6.45) is 1.58. The molecule has 1 saturated carbocycles. The molecule has 0 unspecified atom stereocenters. The number of carbonyl (C=O) groups excluding carboxylic acids is 2. The molecule has 2 rings (SSSR count). The first-order chi connectivity index (χ1) is 9.88.